The third kappa shape index (κ3) is 7.59. The Morgan fingerprint density at radius 3 is 2.08 bits per heavy atom. The zero-order valence-corrected chi connectivity index (χ0v) is 16.7. The first-order valence-corrected chi connectivity index (χ1v) is 10.5. The van der Waals surface area contributed by atoms with Gasteiger partial charge in [0, 0.05) is 5.56 Å². The normalized spacial score (nSPS) is 10.8. The Morgan fingerprint density at radius 1 is 0.731 bits per heavy atom. The first-order chi connectivity index (χ1) is 12.8. The number of benzene rings is 1. The van der Waals surface area contributed by atoms with E-state index in [2.05, 4.69) is 49.2 Å². The van der Waals surface area contributed by atoms with Crippen LogP contribution in [0.4, 0.5) is 0 Å². The lowest BCUT2D eigenvalue weighted by Gasteiger charge is -2.07. The van der Waals surface area contributed by atoms with E-state index in [1.54, 1.807) is 0 Å². The quantitative estimate of drug-likeness (QED) is 0.355. The van der Waals surface area contributed by atoms with Gasteiger partial charge in [-0.2, -0.15) is 0 Å². The monoisotopic (exact) mass is 353 g/mol. The molecule has 1 aromatic carbocycles. The highest BCUT2D eigenvalue weighted by atomic mass is 16.5. The maximum Gasteiger partial charge on any atom is 0.137 e. The molecule has 0 unspecified atom stereocenters. The van der Waals surface area contributed by atoms with Crippen molar-refractivity contribution in [1.29, 1.82) is 0 Å². The van der Waals surface area contributed by atoms with Crippen molar-refractivity contribution >= 4 is 0 Å². The van der Waals surface area contributed by atoms with Crippen LogP contribution in [0, 0.1) is 0 Å². The standard InChI is InChI=1S/C24H35NO/c1-3-5-7-9-10-12-21-13-15-22(16-14-21)24-18-17-23(20-25-24)26-19-11-8-6-4-2/h13-18,20H,3-12,19H2,1-2H3. The van der Waals surface area contributed by atoms with Crippen LogP contribution in [0.15, 0.2) is 42.6 Å². The fourth-order valence-electron chi connectivity index (χ4n) is 3.13. The lowest BCUT2D eigenvalue weighted by Crippen LogP contribution is -1.97. The van der Waals surface area contributed by atoms with Crippen LogP contribution in [0.2, 0.25) is 0 Å². The Kier molecular flexibility index (Phi) is 9.86. The van der Waals surface area contributed by atoms with Crippen molar-refractivity contribution in [1.82, 2.24) is 4.98 Å². The molecule has 2 aromatic rings. The molecule has 0 N–H and O–H groups in total. The summed E-state index contributed by atoms with van der Waals surface area (Å²) < 4.78 is 5.77. The molecule has 0 saturated carbocycles. The summed E-state index contributed by atoms with van der Waals surface area (Å²) in [6, 6.07) is 13.0. The molecule has 1 aromatic heterocycles. The van der Waals surface area contributed by atoms with Gasteiger partial charge in [-0.25, -0.2) is 0 Å². The minimum absolute atomic E-state index is 0.786. The molecule has 0 atom stereocenters. The van der Waals surface area contributed by atoms with Crippen molar-refractivity contribution in [2.75, 3.05) is 6.61 Å². The second-order valence-corrected chi connectivity index (χ2v) is 7.15. The van der Waals surface area contributed by atoms with E-state index in [1.165, 1.54) is 68.9 Å². The summed E-state index contributed by atoms with van der Waals surface area (Å²) in [7, 11) is 0. The molecule has 0 amide bonds. The van der Waals surface area contributed by atoms with E-state index >= 15 is 0 Å². The van der Waals surface area contributed by atoms with Crippen LogP contribution in [0.25, 0.3) is 11.3 Å². The van der Waals surface area contributed by atoms with Crippen LogP contribution in [0.3, 0.4) is 0 Å². The Morgan fingerprint density at radius 2 is 1.42 bits per heavy atom. The molecule has 2 heteroatoms. The molecule has 26 heavy (non-hydrogen) atoms. The van der Waals surface area contributed by atoms with Gasteiger partial charge in [-0.05, 0) is 37.0 Å². The number of unbranched alkanes of at least 4 members (excludes halogenated alkanes) is 7. The molecule has 2 nitrogen and oxygen atoms in total. The van der Waals surface area contributed by atoms with E-state index < -0.39 is 0 Å². The summed E-state index contributed by atoms with van der Waals surface area (Å²) in [5.41, 5.74) is 3.62. The summed E-state index contributed by atoms with van der Waals surface area (Å²) in [6.07, 6.45) is 14.6. The Hall–Kier alpha value is -1.83. The van der Waals surface area contributed by atoms with Gasteiger partial charge in [-0.3, -0.25) is 4.98 Å². The first kappa shape index (κ1) is 20.5. The first-order valence-electron chi connectivity index (χ1n) is 10.5. The van der Waals surface area contributed by atoms with Crippen molar-refractivity contribution in [3.63, 3.8) is 0 Å². The minimum Gasteiger partial charge on any atom is -0.492 e. The molecule has 0 radical (unpaired) electrons. The van der Waals surface area contributed by atoms with E-state index in [-0.39, 0.29) is 0 Å². The molecule has 0 aliphatic heterocycles. The van der Waals surface area contributed by atoms with Crippen molar-refractivity contribution in [2.45, 2.75) is 78.1 Å². The second-order valence-electron chi connectivity index (χ2n) is 7.15. The fraction of sp³-hybridized carbons (Fsp3) is 0.542. The molecule has 142 valence electrons. The molecule has 1 heterocycles. The zero-order valence-electron chi connectivity index (χ0n) is 16.7. The van der Waals surface area contributed by atoms with Crippen molar-refractivity contribution in [2.24, 2.45) is 0 Å². The average molecular weight is 354 g/mol. The Labute approximate surface area is 160 Å². The molecular formula is C24H35NO. The smallest absolute Gasteiger partial charge is 0.137 e. The van der Waals surface area contributed by atoms with E-state index in [1.807, 2.05) is 12.3 Å². The highest BCUT2D eigenvalue weighted by molar-refractivity contribution is 5.59. The Balaban J connectivity index is 1.77. The number of hydrogen-bond acceptors (Lipinski definition) is 2. The van der Waals surface area contributed by atoms with Crippen LogP contribution in [0.1, 0.15) is 77.2 Å². The lowest BCUT2D eigenvalue weighted by atomic mass is 10.0. The number of pyridine rings is 1. The second kappa shape index (κ2) is 12.5. The van der Waals surface area contributed by atoms with E-state index in [0.29, 0.717) is 0 Å². The molecule has 0 spiro atoms. The van der Waals surface area contributed by atoms with Gasteiger partial charge in [-0.15, -0.1) is 0 Å². The summed E-state index contributed by atoms with van der Waals surface area (Å²) in [5.74, 6) is 0.869. The summed E-state index contributed by atoms with van der Waals surface area (Å²) in [4.78, 5) is 4.56. The third-order valence-corrected chi connectivity index (χ3v) is 4.82. The van der Waals surface area contributed by atoms with E-state index in [0.717, 1.165) is 24.5 Å². The number of nitrogens with zero attached hydrogens (tertiary/aromatic N) is 1. The van der Waals surface area contributed by atoms with Crippen molar-refractivity contribution < 1.29 is 4.74 Å². The summed E-state index contributed by atoms with van der Waals surface area (Å²) in [6.45, 7) is 5.27. The van der Waals surface area contributed by atoms with Gasteiger partial charge in [0.15, 0.2) is 0 Å². The molecule has 0 saturated heterocycles. The Bertz CT molecular complexity index is 533. The van der Waals surface area contributed by atoms with Gasteiger partial charge in [0.2, 0.25) is 0 Å². The van der Waals surface area contributed by atoms with Gasteiger partial charge < -0.3 is 4.74 Å². The van der Waals surface area contributed by atoms with Crippen molar-refractivity contribution in [3.05, 3.63) is 48.2 Å². The van der Waals surface area contributed by atoms with Crippen LogP contribution >= 0.6 is 0 Å². The highest BCUT2D eigenvalue weighted by Gasteiger charge is 2.02. The van der Waals surface area contributed by atoms with Gasteiger partial charge in [0.05, 0.1) is 18.5 Å². The van der Waals surface area contributed by atoms with E-state index in [4.69, 9.17) is 4.74 Å². The zero-order chi connectivity index (χ0) is 18.5. The number of aromatic nitrogens is 1. The van der Waals surface area contributed by atoms with Gasteiger partial charge in [-0.1, -0.05) is 83.1 Å². The topological polar surface area (TPSA) is 22.1 Å². The van der Waals surface area contributed by atoms with Gasteiger partial charge in [0.25, 0.3) is 0 Å². The number of aryl methyl sites for hydroxylation is 1. The van der Waals surface area contributed by atoms with Gasteiger partial charge >= 0.3 is 0 Å². The fourth-order valence-corrected chi connectivity index (χ4v) is 3.13. The highest BCUT2D eigenvalue weighted by Crippen LogP contribution is 2.21. The van der Waals surface area contributed by atoms with E-state index in [9.17, 15) is 0 Å². The predicted octanol–water partition coefficient (Wildman–Crippen LogP) is 7.22. The van der Waals surface area contributed by atoms with Crippen LogP contribution < -0.4 is 4.74 Å². The molecule has 0 bridgehead atoms. The number of rotatable bonds is 13. The summed E-state index contributed by atoms with van der Waals surface area (Å²) >= 11 is 0. The molecule has 2 rings (SSSR count). The minimum atomic E-state index is 0.786. The predicted molar refractivity (Wildman–Crippen MR) is 112 cm³/mol. The number of ether oxygens (including phenoxy) is 1. The lowest BCUT2D eigenvalue weighted by molar-refractivity contribution is 0.304. The van der Waals surface area contributed by atoms with Crippen molar-refractivity contribution in [3.8, 4) is 17.0 Å². The SMILES string of the molecule is CCCCCCCc1ccc(-c2ccc(OCCCCCC)cn2)cc1. The molecule has 0 fully saturated rings. The third-order valence-electron chi connectivity index (χ3n) is 4.82. The molecule has 0 aliphatic rings. The molecule has 0 aliphatic carbocycles. The maximum atomic E-state index is 5.77. The van der Waals surface area contributed by atoms with Crippen LogP contribution in [-0.2, 0) is 6.42 Å². The summed E-state index contributed by atoms with van der Waals surface area (Å²) in [5, 5.41) is 0. The van der Waals surface area contributed by atoms with Gasteiger partial charge in [0.1, 0.15) is 5.75 Å². The number of hydrogen-bond donors (Lipinski definition) is 0. The van der Waals surface area contributed by atoms with Crippen LogP contribution in [0.5, 0.6) is 5.75 Å². The maximum absolute atomic E-state index is 5.77. The molecular weight excluding hydrogens is 318 g/mol. The average Bonchev–Trinajstić information content (AvgIpc) is 2.69. The van der Waals surface area contributed by atoms with Crippen LogP contribution in [-0.4, -0.2) is 11.6 Å². The largest absolute Gasteiger partial charge is 0.492 e.